The third-order valence-electron chi connectivity index (χ3n) is 2.20. The number of methoxy groups -OCH3 is 1. The topological polar surface area (TPSA) is 73.6 Å². The van der Waals surface area contributed by atoms with E-state index in [1.165, 1.54) is 0 Å². The Morgan fingerprint density at radius 1 is 1.47 bits per heavy atom. The van der Waals surface area contributed by atoms with Crippen molar-refractivity contribution in [3.05, 3.63) is 23.8 Å². The van der Waals surface area contributed by atoms with Gasteiger partial charge < -0.3 is 20.5 Å². The molecule has 0 aliphatic heterocycles. The van der Waals surface area contributed by atoms with Crippen LogP contribution in [0.15, 0.2) is 18.2 Å². The number of anilines is 1. The molecule has 1 amide bonds. The van der Waals surface area contributed by atoms with Crippen molar-refractivity contribution in [1.82, 2.24) is 0 Å². The fraction of sp³-hybridized carbons (Fsp3) is 0.417. The molecule has 1 rings (SSSR count). The van der Waals surface area contributed by atoms with Crippen molar-refractivity contribution in [3.8, 4) is 5.75 Å². The molecule has 94 valence electrons. The van der Waals surface area contributed by atoms with Gasteiger partial charge in [-0.05, 0) is 30.7 Å². The summed E-state index contributed by atoms with van der Waals surface area (Å²) in [5, 5.41) is 2.76. The van der Waals surface area contributed by atoms with Crippen LogP contribution in [0.2, 0.25) is 0 Å². The predicted octanol–water partition coefficient (Wildman–Crippen LogP) is 0.917. The third kappa shape index (κ3) is 4.42. The summed E-state index contributed by atoms with van der Waals surface area (Å²) >= 11 is 0. The van der Waals surface area contributed by atoms with E-state index in [4.69, 9.17) is 15.2 Å². The maximum atomic E-state index is 11.5. The van der Waals surface area contributed by atoms with Gasteiger partial charge in [-0.3, -0.25) is 4.79 Å². The molecule has 0 aliphatic carbocycles. The average molecular weight is 238 g/mol. The summed E-state index contributed by atoms with van der Waals surface area (Å²) in [4.78, 5) is 11.5. The Hall–Kier alpha value is -1.59. The second-order valence-electron chi connectivity index (χ2n) is 3.57. The molecule has 1 aromatic carbocycles. The summed E-state index contributed by atoms with van der Waals surface area (Å²) in [7, 11) is 1.60. The van der Waals surface area contributed by atoms with E-state index in [2.05, 4.69) is 5.32 Å². The normalized spacial score (nSPS) is 10.1. The first kappa shape index (κ1) is 13.5. The molecule has 0 aromatic heterocycles. The quantitative estimate of drug-likeness (QED) is 0.723. The Balaban J connectivity index is 2.53. The molecule has 5 heteroatoms. The van der Waals surface area contributed by atoms with E-state index in [-0.39, 0.29) is 12.5 Å². The van der Waals surface area contributed by atoms with Crippen LogP contribution in [-0.4, -0.2) is 32.8 Å². The SMILES string of the molecule is COc1ccc(NC(=O)COCCN)c(C)c1. The van der Waals surface area contributed by atoms with Crippen LogP contribution in [0.25, 0.3) is 0 Å². The number of nitrogens with one attached hydrogen (secondary N) is 1. The Kier molecular flexibility index (Phi) is 5.45. The van der Waals surface area contributed by atoms with Crippen molar-refractivity contribution in [2.75, 3.05) is 32.2 Å². The summed E-state index contributed by atoms with van der Waals surface area (Å²) in [6.45, 7) is 2.71. The van der Waals surface area contributed by atoms with Crippen LogP contribution in [0.1, 0.15) is 5.56 Å². The highest BCUT2D eigenvalue weighted by Crippen LogP contribution is 2.20. The van der Waals surface area contributed by atoms with Crippen molar-refractivity contribution in [3.63, 3.8) is 0 Å². The number of hydrogen-bond acceptors (Lipinski definition) is 4. The molecular weight excluding hydrogens is 220 g/mol. The van der Waals surface area contributed by atoms with Gasteiger partial charge in [-0.25, -0.2) is 0 Å². The lowest BCUT2D eigenvalue weighted by Gasteiger charge is -2.10. The number of amides is 1. The molecule has 0 atom stereocenters. The first-order valence-corrected chi connectivity index (χ1v) is 5.39. The van der Waals surface area contributed by atoms with Gasteiger partial charge in [-0.15, -0.1) is 0 Å². The summed E-state index contributed by atoms with van der Waals surface area (Å²) in [6, 6.07) is 5.45. The standard InChI is InChI=1S/C12H18N2O3/c1-9-7-10(16-2)3-4-11(9)14-12(15)8-17-6-5-13/h3-4,7H,5-6,8,13H2,1-2H3,(H,14,15). The molecule has 0 saturated carbocycles. The average Bonchev–Trinajstić information content (AvgIpc) is 2.32. The van der Waals surface area contributed by atoms with Crippen LogP contribution in [-0.2, 0) is 9.53 Å². The fourth-order valence-electron chi connectivity index (χ4n) is 1.34. The number of nitrogens with two attached hydrogens (primary N) is 1. The Labute approximate surface area is 101 Å². The highest BCUT2D eigenvalue weighted by molar-refractivity contribution is 5.92. The minimum absolute atomic E-state index is 0.0165. The molecule has 0 heterocycles. The van der Waals surface area contributed by atoms with Gasteiger partial charge in [0.1, 0.15) is 12.4 Å². The van der Waals surface area contributed by atoms with Crippen LogP contribution >= 0.6 is 0 Å². The number of hydrogen-bond donors (Lipinski definition) is 2. The van der Waals surface area contributed by atoms with Gasteiger partial charge >= 0.3 is 0 Å². The minimum Gasteiger partial charge on any atom is -0.497 e. The van der Waals surface area contributed by atoms with Crippen molar-refractivity contribution < 1.29 is 14.3 Å². The van der Waals surface area contributed by atoms with Gasteiger partial charge in [0.05, 0.1) is 13.7 Å². The smallest absolute Gasteiger partial charge is 0.250 e. The summed E-state index contributed by atoms with van der Waals surface area (Å²) in [5.74, 6) is 0.576. The largest absolute Gasteiger partial charge is 0.497 e. The minimum atomic E-state index is -0.188. The lowest BCUT2D eigenvalue weighted by molar-refractivity contribution is -0.120. The van der Waals surface area contributed by atoms with Gasteiger partial charge in [0.25, 0.3) is 0 Å². The monoisotopic (exact) mass is 238 g/mol. The molecule has 0 aliphatic rings. The zero-order valence-electron chi connectivity index (χ0n) is 10.2. The summed E-state index contributed by atoms with van der Waals surface area (Å²) in [5.41, 5.74) is 6.95. The first-order valence-electron chi connectivity index (χ1n) is 5.39. The highest BCUT2D eigenvalue weighted by Gasteiger charge is 2.05. The van der Waals surface area contributed by atoms with Crippen molar-refractivity contribution in [2.45, 2.75) is 6.92 Å². The van der Waals surface area contributed by atoms with Crippen LogP contribution in [0.3, 0.4) is 0 Å². The zero-order chi connectivity index (χ0) is 12.7. The maximum absolute atomic E-state index is 11.5. The molecule has 0 unspecified atom stereocenters. The van der Waals surface area contributed by atoms with E-state index in [1.807, 2.05) is 13.0 Å². The van der Waals surface area contributed by atoms with Crippen molar-refractivity contribution in [1.29, 1.82) is 0 Å². The third-order valence-corrected chi connectivity index (χ3v) is 2.20. The van der Waals surface area contributed by atoms with Gasteiger partial charge in [-0.2, -0.15) is 0 Å². The van der Waals surface area contributed by atoms with Gasteiger partial charge in [0, 0.05) is 12.2 Å². The second kappa shape index (κ2) is 6.88. The van der Waals surface area contributed by atoms with Gasteiger partial charge in [0.2, 0.25) is 5.91 Å². The molecule has 5 nitrogen and oxygen atoms in total. The molecule has 0 saturated heterocycles. The molecule has 17 heavy (non-hydrogen) atoms. The Morgan fingerprint density at radius 3 is 2.82 bits per heavy atom. The lowest BCUT2D eigenvalue weighted by Crippen LogP contribution is -2.21. The number of carbonyl (C=O) groups is 1. The Morgan fingerprint density at radius 2 is 2.24 bits per heavy atom. The second-order valence-corrected chi connectivity index (χ2v) is 3.57. The van der Waals surface area contributed by atoms with Crippen LogP contribution in [0.4, 0.5) is 5.69 Å². The number of benzene rings is 1. The van der Waals surface area contributed by atoms with Crippen molar-refractivity contribution >= 4 is 11.6 Å². The van der Waals surface area contributed by atoms with Crippen LogP contribution in [0.5, 0.6) is 5.75 Å². The molecule has 0 spiro atoms. The first-order chi connectivity index (χ1) is 8.17. The van der Waals surface area contributed by atoms with Gasteiger partial charge in [0.15, 0.2) is 0 Å². The van der Waals surface area contributed by atoms with E-state index in [9.17, 15) is 4.79 Å². The molecule has 0 bridgehead atoms. The molecule has 1 aromatic rings. The zero-order valence-corrected chi connectivity index (χ0v) is 10.2. The van der Waals surface area contributed by atoms with E-state index in [0.29, 0.717) is 13.2 Å². The van der Waals surface area contributed by atoms with Crippen LogP contribution in [0, 0.1) is 6.92 Å². The van der Waals surface area contributed by atoms with Gasteiger partial charge in [-0.1, -0.05) is 0 Å². The number of ether oxygens (including phenoxy) is 2. The molecule has 0 fully saturated rings. The highest BCUT2D eigenvalue weighted by atomic mass is 16.5. The van der Waals surface area contributed by atoms with Crippen LogP contribution < -0.4 is 15.8 Å². The number of rotatable bonds is 6. The van der Waals surface area contributed by atoms with E-state index >= 15 is 0 Å². The predicted molar refractivity (Wildman–Crippen MR) is 66.2 cm³/mol. The molecule has 3 N–H and O–H groups in total. The van der Waals surface area contributed by atoms with E-state index < -0.39 is 0 Å². The molecule has 0 radical (unpaired) electrons. The number of aryl methyl sites for hydroxylation is 1. The maximum Gasteiger partial charge on any atom is 0.250 e. The van der Waals surface area contributed by atoms with Crippen molar-refractivity contribution in [2.24, 2.45) is 5.73 Å². The Bertz CT molecular complexity index is 380. The van der Waals surface area contributed by atoms with E-state index in [0.717, 1.165) is 17.0 Å². The number of carbonyl (C=O) groups excluding carboxylic acids is 1. The fourth-order valence-corrected chi connectivity index (χ4v) is 1.34. The summed E-state index contributed by atoms with van der Waals surface area (Å²) in [6.07, 6.45) is 0. The summed E-state index contributed by atoms with van der Waals surface area (Å²) < 4.78 is 10.1. The molecular formula is C12H18N2O3. The van der Waals surface area contributed by atoms with E-state index in [1.54, 1.807) is 19.2 Å². The lowest BCUT2D eigenvalue weighted by atomic mass is 10.2.